The summed E-state index contributed by atoms with van der Waals surface area (Å²) in [5.74, 6) is 0.704. The van der Waals surface area contributed by atoms with Crippen LogP contribution in [0.1, 0.15) is 57.1 Å². The number of nitrogens with one attached hydrogen (secondary N) is 2. The van der Waals surface area contributed by atoms with Crippen molar-refractivity contribution < 1.29 is 4.74 Å². The fourth-order valence-electron chi connectivity index (χ4n) is 5.49. The highest BCUT2D eigenvalue weighted by atomic mass is 16.5. The highest BCUT2D eigenvalue weighted by Crippen LogP contribution is 2.30. The average Bonchev–Trinajstić information content (AvgIpc) is 3.20. The fraction of sp³-hybridized carbons (Fsp3) is 0.444. The average molecular weight is 474 g/mol. The van der Waals surface area contributed by atoms with Gasteiger partial charge in [0.2, 0.25) is 0 Å². The van der Waals surface area contributed by atoms with E-state index in [0.29, 0.717) is 39.9 Å². The van der Waals surface area contributed by atoms with Crippen LogP contribution >= 0.6 is 0 Å². The summed E-state index contributed by atoms with van der Waals surface area (Å²) in [5.41, 5.74) is 3.65. The first-order valence-corrected chi connectivity index (χ1v) is 12.7. The lowest BCUT2D eigenvalue weighted by atomic mass is 10.1. The van der Waals surface area contributed by atoms with E-state index in [2.05, 4.69) is 21.0 Å². The van der Waals surface area contributed by atoms with Gasteiger partial charge in [0.1, 0.15) is 17.0 Å². The van der Waals surface area contributed by atoms with Crippen molar-refractivity contribution in [3.05, 3.63) is 56.6 Å². The summed E-state index contributed by atoms with van der Waals surface area (Å²) in [7, 11) is 0. The zero-order valence-electron chi connectivity index (χ0n) is 20.1. The number of ether oxygens (including phenoxy) is 1. The molecule has 2 N–H and O–H groups in total. The van der Waals surface area contributed by atoms with E-state index < -0.39 is 0 Å². The second kappa shape index (κ2) is 9.00. The van der Waals surface area contributed by atoms with Gasteiger partial charge in [-0.15, -0.1) is 0 Å². The number of piperidine rings is 1. The highest BCUT2D eigenvalue weighted by molar-refractivity contribution is 5.93. The molecular formula is C27H31N5O3. The van der Waals surface area contributed by atoms with Gasteiger partial charge in [0.05, 0.1) is 29.1 Å². The smallest absolute Gasteiger partial charge is 0.275 e. The predicted octanol–water partition coefficient (Wildman–Crippen LogP) is 4.34. The minimum atomic E-state index is -0.278. The van der Waals surface area contributed by atoms with Gasteiger partial charge in [0, 0.05) is 12.1 Å². The van der Waals surface area contributed by atoms with Crippen LogP contribution in [0.25, 0.3) is 33.2 Å². The van der Waals surface area contributed by atoms with Gasteiger partial charge in [-0.05, 0) is 75.9 Å². The molecule has 0 amide bonds. The molecule has 2 aromatic carbocycles. The van der Waals surface area contributed by atoms with Crippen LogP contribution in [0.3, 0.4) is 0 Å². The standard InChI is InChI=1S/C27H31N5O3/c1-17-8-3-6-13-35-22-15-18(16-31-11-4-2-5-12-31)14-21-25(22)29-24(26(33)28-21)19-9-7-10-20-23(19)30-32(17)27(20)34/h7,9-10,14-15,17,30H,2-6,8,11-13,16H2,1H3,(H,28,33). The van der Waals surface area contributed by atoms with E-state index in [4.69, 9.17) is 9.72 Å². The molecule has 0 aliphatic carbocycles. The van der Waals surface area contributed by atoms with E-state index in [1.807, 2.05) is 25.1 Å². The molecule has 8 heteroatoms. The summed E-state index contributed by atoms with van der Waals surface area (Å²) < 4.78 is 7.95. The Balaban J connectivity index is 1.53. The molecule has 0 radical (unpaired) electrons. The van der Waals surface area contributed by atoms with Gasteiger partial charge in [-0.2, -0.15) is 0 Å². The molecule has 4 bridgehead atoms. The zero-order valence-corrected chi connectivity index (χ0v) is 20.1. The second-order valence-electron chi connectivity index (χ2n) is 9.95. The summed E-state index contributed by atoms with van der Waals surface area (Å²) in [6.07, 6.45) is 6.43. The molecule has 1 fully saturated rings. The predicted molar refractivity (Wildman–Crippen MR) is 137 cm³/mol. The van der Waals surface area contributed by atoms with Crippen LogP contribution < -0.4 is 15.9 Å². The summed E-state index contributed by atoms with van der Waals surface area (Å²) in [6, 6.07) is 9.58. The first-order valence-electron chi connectivity index (χ1n) is 12.7. The molecular weight excluding hydrogens is 442 g/mol. The first-order chi connectivity index (χ1) is 17.1. The molecule has 1 atom stereocenters. The van der Waals surface area contributed by atoms with Crippen molar-refractivity contribution in [2.45, 2.75) is 58.0 Å². The Labute approximate surface area is 202 Å². The lowest BCUT2D eigenvalue weighted by Gasteiger charge is -2.26. The third-order valence-electron chi connectivity index (χ3n) is 7.39. The number of hydrogen-bond donors (Lipinski definition) is 2. The maximum atomic E-state index is 13.3. The molecule has 1 unspecified atom stereocenters. The molecule has 35 heavy (non-hydrogen) atoms. The number of hydrogen-bond acceptors (Lipinski definition) is 5. The molecule has 0 saturated carbocycles. The molecule has 0 spiro atoms. The van der Waals surface area contributed by atoms with E-state index >= 15 is 0 Å². The third kappa shape index (κ3) is 4.05. The van der Waals surface area contributed by atoms with E-state index in [9.17, 15) is 9.59 Å². The van der Waals surface area contributed by atoms with Crippen molar-refractivity contribution in [2.24, 2.45) is 0 Å². The number of nitrogens with zero attached hydrogens (tertiary/aromatic N) is 3. The number of aromatic amines is 2. The van der Waals surface area contributed by atoms with Crippen LogP contribution in [0, 0.1) is 0 Å². The van der Waals surface area contributed by atoms with E-state index in [1.54, 1.807) is 10.7 Å². The molecule has 4 heterocycles. The summed E-state index contributed by atoms with van der Waals surface area (Å²) in [6.45, 7) is 5.64. The molecule has 1 saturated heterocycles. The van der Waals surface area contributed by atoms with Crippen LogP contribution in [-0.4, -0.2) is 44.3 Å². The Hall–Kier alpha value is -3.39. The van der Waals surface area contributed by atoms with Crippen molar-refractivity contribution in [3.8, 4) is 17.0 Å². The number of likely N-dealkylation sites (tertiary alicyclic amines) is 1. The Morgan fingerprint density at radius 1 is 1.09 bits per heavy atom. The summed E-state index contributed by atoms with van der Waals surface area (Å²) in [5, 5.41) is 3.85. The van der Waals surface area contributed by atoms with Crippen molar-refractivity contribution >= 4 is 21.9 Å². The minimum absolute atomic E-state index is 0.0165. The Kier molecular flexibility index (Phi) is 5.68. The molecule has 6 rings (SSSR count). The molecule has 2 aromatic heterocycles. The lowest BCUT2D eigenvalue weighted by Crippen LogP contribution is -2.29. The largest absolute Gasteiger partial charge is 0.491 e. The van der Waals surface area contributed by atoms with E-state index in [0.717, 1.165) is 44.5 Å². The van der Waals surface area contributed by atoms with Crippen LogP contribution in [0.2, 0.25) is 0 Å². The molecule has 182 valence electrons. The van der Waals surface area contributed by atoms with Crippen LogP contribution in [0.5, 0.6) is 5.75 Å². The van der Waals surface area contributed by atoms with Gasteiger partial charge in [-0.1, -0.05) is 18.6 Å². The quantitative estimate of drug-likeness (QED) is 0.451. The van der Waals surface area contributed by atoms with Crippen molar-refractivity contribution in [2.75, 3.05) is 19.7 Å². The third-order valence-corrected chi connectivity index (χ3v) is 7.39. The number of para-hydroxylation sites is 1. The maximum Gasteiger partial charge on any atom is 0.275 e. The maximum absolute atomic E-state index is 13.3. The molecule has 4 aromatic rings. The normalized spacial score (nSPS) is 19.3. The SMILES string of the molecule is CC1CCCCOc2cc(CN3CCCCC3)cc3[nH]c(=O)c(nc23)-c2cccc3c(=O)n1[nH]c23. The van der Waals surface area contributed by atoms with Gasteiger partial charge < -0.3 is 9.72 Å². The molecule has 8 nitrogen and oxygen atoms in total. The first kappa shape index (κ1) is 22.1. The highest BCUT2D eigenvalue weighted by Gasteiger charge is 2.20. The van der Waals surface area contributed by atoms with Gasteiger partial charge in [-0.25, -0.2) is 9.67 Å². The number of aromatic nitrogens is 4. The van der Waals surface area contributed by atoms with Crippen LogP contribution in [0.15, 0.2) is 39.9 Å². The van der Waals surface area contributed by atoms with Crippen molar-refractivity contribution in [3.63, 3.8) is 0 Å². The van der Waals surface area contributed by atoms with Crippen LogP contribution in [0.4, 0.5) is 0 Å². The fourth-order valence-corrected chi connectivity index (χ4v) is 5.49. The van der Waals surface area contributed by atoms with Gasteiger partial charge >= 0.3 is 0 Å². The van der Waals surface area contributed by atoms with E-state index in [1.165, 1.54) is 19.3 Å². The number of benzene rings is 2. The summed E-state index contributed by atoms with van der Waals surface area (Å²) in [4.78, 5) is 36.7. The Bertz CT molecular complexity index is 1510. The second-order valence-corrected chi connectivity index (χ2v) is 9.95. The summed E-state index contributed by atoms with van der Waals surface area (Å²) >= 11 is 0. The minimum Gasteiger partial charge on any atom is -0.491 e. The number of rotatable bonds is 2. The number of H-pyrrole nitrogens is 2. The monoisotopic (exact) mass is 473 g/mol. The van der Waals surface area contributed by atoms with Crippen molar-refractivity contribution in [1.29, 1.82) is 0 Å². The zero-order chi connectivity index (χ0) is 23.9. The molecule has 2 aliphatic rings. The Morgan fingerprint density at radius 3 is 2.80 bits per heavy atom. The van der Waals surface area contributed by atoms with Gasteiger partial charge in [0.15, 0.2) is 0 Å². The lowest BCUT2D eigenvalue weighted by molar-refractivity contribution is 0.220. The Morgan fingerprint density at radius 2 is 1.94 bits per heavy atom. The van der Waals surface area contributed by atoms with Gasteiger partial charge in [-0.3, -0.25) is 19.6 Å². The number of fused-ring (bicyclic) bond motifs is 3. The van der Waals surface area contributed by atoms with Crippen LogP contribution in [-0.2, 0) is 6.54 Å². The topological polar surface area (TPSA) is 96.0 Å². The van der Waals surface area contributed by atoms with Gasteiger partial charge in [0.25, 0.3) is 11.1 Å². The van der Waals surface area contributed by atoms with Crippen molar-refractivity contribution in [1.82, 2.24) is 24.6 Å². The molecule has 2 aliphatic heterocycles. The van der Waals surface area contributed by atoms with E-state index in [-0.39, 0.29) is 22.9 Å².